The summed E-state index contributed by atoms with van der Waals surface area (Å²) in [5, 5.41) is 2.72. The van der Waals surface area contributed by atoms with Gasteiger partial charge >= 0.3 is 5.97 Å². The number of carbonyl (C=O) groups excluding carboxylic acids is 2. The molecule has 0 saturated heterocycles. The molecular weight excluding hydrogens is 294 g/mol. The van der Waals surface area contributed by atoms with Crippen LogP contribution in [0.2, 0.25) is 0 Å². The lowest BCUT2D eigenvalue weighted by atomic mass is 10.6. The fraction of sp³-hybridized carbons (Fsp3) is 0.700. The Hall–Kier alpha value is -0.470. The first-order valence-corrected chi connectivity index (χ1v) is 7.85. The van der Waals surface area contributed by atoms with E-state index >= 15 is 0 Å². The van der Waals surface area contributed by atoms with Gasteiger partial charge in [0.25, 0.3) is 0 Å². The highest BCUT2D eigenvalue weighted by Crippen LogP contribution is 2.05. The lowest BCUT2D eigenvalue weighted by Gasteiger charge is -2.05. The Balaban J connectivity index is 3.42. The number of nitrogens with one attached hydrogen (secondary N) is 1. The maximum Gasteiger partial charge on any atom is 0.315 e. The summed E-state index contributed by atoms with van der Waals surface area (Å²) in [7, 11) is 1.35. The Morgan fingerprint density at radius 2 is 2.06 bits per heavy atom. The average molecular weight is 311 g/mol. The third-order valence-electron chi connectivity index (χ3n) is 1.60. The zero-order valence-electron chi connectivity index (χ0n) is 10.4. The number of amides is 1. The largest absolute Gasteiger partial charge is 0.479 e. The van der Waals surface area contributed by atoms with Crippen LogP contribution in [0.3, 0.4) is 0 Å². The molecule has 0 aromatic carbocycles. The maximum atomic E-state index is 11.4. The molecule has 0 aliphatic heterocycles. The van der Waals surface area contributed by atoms with Crippen LogP contribution in [0.5, 0.6) is 0 Å². The van der Waals surface area contributed by atoms with Crippen LogP contribution >= 0.6 is 35.7 Å². The van der Waals surface area contributed by atoms with Crippen LogP contribution in [-0.4, -0.2) is 53.8 Å². The number of carbonyl (C=O) groups is 2. The van der Waals surface area contributed by atoms with E-state index in [1.807, 2.05) is 6.92 Å². The minimum Gasteiger partial charge on any atom is -0.479 e. The molecule has 0 atom stereocenters. The number of hydrogen-bond donors (Lipinski definition) is 1. The number of ether oxygens (including phenoxy) is 2. The van der Waals surface area contributed by atoms with Crippen LogP contribution in [0, 0.1) is 0 Å². The molecule has 0 bridgehead atoms. The Labute approximate surface area is 121 Å². The second kappa shape index (κ2) is 11.6. The van der Waals surface area contributed by atoms with Gasteiger partial charge < -0.3 is 14.8 Å². The van der Waals surface area contributed by atoms with E-state index in [0.29, 0.717) is 29.0 Å². The Morgan fingerprint density at radius 1 is 1.33 bits per heavy atom. The van der Waals surface area contributed by atoms with E-state index in [1.165, 1.54) is 30.6 Å². The molecule has 8 heteroatoms. The van der Waals surface area contributed by atoms with Gasteiger partial charge in [-0.15, -0.1) is 11.8 Å². The second-order valence-corrected chi connectivity index (χ2v) is 5.63. The zero-order chi connectivity index (χ0) is 13.8. The summed E-state index contributed by atoms with van der Waals surface area (Å²) in [6.45, 7) is 2.87. The van der Waals surface area contributed by atoms with Crippen molar-refractivity contribution in [2.75, 3.05) is 37.5 Å². The number of methoxy groups -OCH3 is 1. The highest BCUT2D eigenvalue weighted by Gasteiger charge is 2.05. The van der Waals surface area contributed by atoms with Crippen molar-refractivity contribution in [1.29, 1.82) is 0 Å². The number of thiocarbonyl (C=S) groups is 1. The molecule has 0 rings (SSSR count). The standard InChI is InChI=1S/C10H17NO4S3/c1-3-15-10(16)18-6-8(12)11-4-5-17-7-9(13)14-2/h3-7H2,1-2H3,(H,11,12). The van der Waals surface area contributed by atoms with Gasteiger partial charge in [0.2, 0.25) is 10.3 Å². The van der Waals surface area contributed by atoms with Crippen molar-refractivity contribution in [1.82, 2.24) is 5.32 Å². The summed E-state index contributed by atoms with van der Waals surface area (Å²) in [4.78, 5) is 22.1. The normalized spacial score (nSPS) is 9.67. The van der Waals surface area contributed by atoms with Gasteiger partial charge in [0.05, 0.1) is 25.2 Å². The van der Waals surface area contributed by atoms with Gasteiger partial charge in [0.15, 0.2) is 0 Å². The molecule has 0 fully saturated rings. The van der Waals surface area contributed by atoms with Crippen molar-refractivity contribution in [3.63, 3.8) is 0 Å². The van der Waals surface area contributed by atoms with Gasteiger partial charge in [-0.25, -0.2) is 0 Å². The summed E-state index contributed by atoms with van der Waals surface area (Å²) in [5.41, 5.74) is 0. The number of hydrogen-bond acceptors (Lipinski definition) is 7. The van der Waals surface area contributed by atoms with E-state index in [2.05, 4.69) is 10.1 Å². The first kappa shape index (κ1) is 17.5. The van der Waals surface area contributed by atoms with Gasteiger partial charge in [0.1, 0.15) is 0 Å². The fourth-order valence-corrected chi connectivity index (χ4v) is 2.33. The minimum absolute atomic E-state index is 0.0966. The predicted octanol–water partition coefficient (Wildman–Crippen LogP) is 1.06. The van der Waals surface area contributed by atoms with Gasteiger partial charge in [-0.3, -0.25) is 9.59 Å². The molecule has 0 radical (unpaired) electrons. The number of esters is 1. The summed E-state index contributed by atoms with van der Waals surface area (Å²) in [6.07, 6.45) is 0. The smallest absolute Gasteiger partial charge is 0.315 e. The van der Waals surface area contributed by atoms with Crippen molar-refractivity contribution in [3.8, 4) is 0 Å². The molecule has 0 unspecified atom stereocenters. The quantitative estimate of drug-likeness (QED) is 0.408. The van der Waals surface area contributed by atoms with E-state index in [4.69, 9.17) is 17.0 Å². The highest BCUT2D eigenvalue weighted by atomic mass is 32.2. The van der Waals surface area contributed by atoms with Gasteiger partial charge in [0, 0.05) is 12.3 Å². The van der Waals surface area contributed by atoms with Crippen LogP contribution in [0.4, 0.5) is 0 Å². The molecule has 1 amide bonds. The van der Waals surface area contributed by atoms with Crippen molar-refractivity contribution < 1.29 is 19.1 Å². The molecule has 18 heavy (non-hydrogen) atoms. The first-order valence-electron chi connectivity index (χ1n) is 5.31. The molecule has 0 aliphatic carbocycles. The van der Waals surface area contributed by atoms with E-state index in [0.717, 1.165) is 0 Å². The van der Waals surface area contributed by atoms with Crippen molar-refractivity contribution in [2.45, 2.75) is 6.92 Å². The van der Waals surface area contributed by atoms with E-state index < -0.39 is 0 Å². The Morgan fingerprint density at radius 3 is 2.67 bits per heavy atom. The summed E-state index contributed by atoms with van der Waals surface area (Å²) >= 11 is 7.48. The Kier molecular flexibility index (Phi) is 11.3. The molecule has 0 heterocycles. The van der Waals surface area contributed by atoms with Crippen LogP contribution in [0.25, 0.3) is 0 Å². The second-order valence-electron chi connectivity index (χ2n) is 2.95. The third-order valence-corrected chi connectivity index (χ3v) is 3.76. The lowest BCUT2D eigenvalue weighted by molar-refractivity contribution is -0.137. The summed E-state index contributed by atoms with van der Waals surface area (Å²) in [6, 6.07) is 0. The van der Waals surface area contributed by atoms with Crippen molar-refractivity contribution in [2.24, 2.45) is 0 Å². The lowest BCUT2D eigenvalue weighted by Crippen LogP contribution is -2.28. The monoisotopic (exact) mass is 311 g/mol. The van der Waals surface area contributed by atoms with E-state index in [-0.39, 0.29) is 17.6 Å². The van der Waals surface area contributed by atoms with Gasteiger partial charge in [-0.2, -0.15) is 0 Å². The van der Waals surface area contributed by atoms with Crippen LogP contribution in [0.15, 0.2) is 0 Å². The molecule has 5 nitrogen and oxygen atoms in total. The number of thioether (sulfide) groups is 2. The molecule has 0 aromatic rings. The molecule has 1 N–H and O–H groups in total. The summed E-state index contributed by atoms with van der Waals surface area (Å²) < 4.78 is 9.90. The molecule has 0 saturated carbocycles. The zero-order valence-corrected chi connectivity index (χ0v) is 12.8. The molecular formula is C10H17NO4S3. The van der Waals surface area contributed by atoms with Crippen LogP contribution in [-0.2, 0) is 19.1 Å². The molecule has 0 aliphatic rings. The fourth-order valence-electron chi connectivity index (χ4n) is 0.812. The highest BCUT2D eigenvalue weighted by molar-refractivity contribution is 8.23. The number of rotatable bonds is 8. The molecule has 104 valence electrons. The van der Waals surface area contributed by atoms with E-state index in [9.17, 15) is 9.59 Å². The topological polar surface area (TPSA) is 64.6 Å². The van der Waals surface area contributed by atoms with Crippen molar-refractivity contribution in [3.05, 3.63) is 0 Å². The van der Waals surface area contributed by atoms with Crippen molar-refractivity contribution >= 4 is 52.0 Å². The molecule has 0 spiro atoms. The Bertz CT molecular complexity index is 286. The molecule has 0 aromatic heterocycles. The van der Waals surface area contributed by atoms with E-state index in [1.54, 1.807) is 0 Å². The summed E-state index contributed by atoms with van der Waals surface area (Å²) in [5.74, 6) is 0.863. The minimum atomic E-state index is -0.260. The van der Waals surface area contributed by atoms with Crippen LogP contribution in [0.1, 0.15) is 6.92 Å². The SMILES string of the molecule is CCOC(=S)SCC(=O)NCCSCC(=O)OC. The average Bonchev–Trinajstić information content (AvgIpc) is 2.36. The van der Waals surface area contributed by atoms with Gasteiger partial charge in [-0.05, 0) is 19.1 Å². The predicted molar refractivity (Wildman–Crippen MR) is 79.0 cm³/mol. The maximum absolute atomic E-state index is 11.4. The first-order chi connectivity index (χ1) is 8.60. The van der Waals surface area contributed by atoms with Crippen LogP contribution < -0.4 is 5.32 Å². The van der Waals surface area contributed by atoms with Gasteiger partial charge in [-0.1, -0.05) is 11.8 Å². The third kappa shape index (κ3) is 10.7.